The average molecular weight is 276 g/mol. The monoisotopic (exact) mass is 276 g/mol. The third-order valence-electron chi connectivity index (χ3n) is 2.90. The third kappa shape index (κ3) is 2.11. The Hall–Kier alpha value is -2.77. The van der Waals surface area contributed by atoms with Crippen molar-refractivity contribution in [3.05, 3.63) is 34.6 Å². The Kier molecular flexibility index (Phi) is 2.90. The van der Waals surface area contributed by atoms with Gasteiger partial charge in [0.1, 0.15) is 13.2 Å². The van der Waals surface area contributed by atoms with Gasteiger partial charge in [0.05, 0.1) is 0 Å². The van der Waals surface area contributed by atoms with Crippen LogP contribution in [0.2, 0.25) is 0 Å². The van der Waals surface area contributed by atoms with E-state index in [1.165, 1.54) is 6.33 Å². The van der Waals surface area contributed by atoms with E-state index in [0.29, 0.717) is 36.2 Å². The molecule has 0 bridgehead atoms. The Balaban J connectivity index is 1.92. The van der Waals surface area contributed by atoms with Crippen LogP contribution in [0.15, 0.2) is 24.5 Å². The Morgan fingerprint density at radius 1 is 1.35 bits per heavy atom. The first kappa shape index (κ1) is 12.3. The molecule has 8 nitrogen and oxygen atoms in total. The van der Waals surface area contributed by atoms with Crippen LogP contribution >= 0.6 is 0 Å². The molecule has 2 aromatic rings. The zero-order valence-electron chi connectivity index (χ0n) is 10.7. The molecule has 1 aromatic carbocycles. The van der Waals surface area contributed by atoms with Gasteiger partial charge in [-0.15, -0.1) is 0 Å². The number of benzene rings is 1. The van der Waals surface area contributed by atoms with E-state index < -0.39 is 4.92 Å². The topological polar surface area (TPSA) is 91.5 Å². The summed E-state index contributed by atoms with van der Waals surface area (Å²) in [6.07, 6.45) is 1.39. The van der Waals surface area contributed by atoms with Crippen molar-refractivity contribution >= 4 is 17.3 Å². The number of imidazole rings is 1. The Labute approximate surface area is 114 Å². The summed E-state index contributed by atoms with van der Waals surface area (Å²) in [5.41, 5.74) is 0.668. The molecule has 104 valence electrons. The molecule has 0 unspecified atom stereocenters. The first-order chi connectivity index (χ1) is 9.65. The lowest BCUT2D eigenvalue weighted by Crippen LogP contribution is -2.15. The van der Waals surface area contributed by atoms with Gasteiger partial charge in [0.2, 0.25) is 12.1 Å². The lowest BCUT2D eigenvalue weighted by Gasteiger charge is -2.19. The minimum atomic E-state index is -0.527. The lowest BCUT2D eigenvalue weighted by atomic mass is 10.2. The molecule has 0 saturated carbocycles. The number of hydrogen-bond donors (Lipinski definition) is 1. The number of nitrogens with zero attached hydrogens (tertiary/aromatic N) is 3. The number of nitrogens with one attached hydrogen (secondary N) is 1. The highest BCUT2D eigenvalue weighted by Crippen LogP contribution is 2.34. The van der Waals surface area contributed by atoms with Crippen molar-refractivity contribution in [2.75, 3.05) is 18.5 Å². The summed E-state index contributed by atoms with van der Waals surface area (Å²) in [7, 11) is 1.68. The highest BCUT2D eigenvalue weighted by atomic mass is 16.6. The van der Waals surface area contributed by atoms with Crippen molar-refractivity contribution < 1.29 is 14.4 Å². The molecular formula is C12H12N4O4. The molecule has 0 spiro atoms. The smallest absolute Gasteiger partial charge is 0.406 e. The fourth-order valence-electron chi connectivity index (χ4n) is 1.95. The third-order valence-corrected chi connectivity index (χ3v) is 2.90. The number of fused-ring (bicyclic) bond motifs is 1. The summed E-state index contributed by atoms with van der Waals surface area (Å²) in [6.45, 7) is 1.01. The second-order valence-corrected chi connectivity index (χ2v) is 4.27. The van der Waals surface area contributed by atoms with E-state index in [1.54, 1.807) is 29.8 Å². The maximum absolute atomic E-state index is 10.9. The number of aromatic nitrogens is 2. The Morgan fingerprint density at radius 3 is 2.85 bits per heavy atom. The van der Waals surface area contributed by atoms with Gasteiger partial charge in [0, 0.05) is 18.8 Å². The van der Waals surface area contributed by atoms with Crippen LogP contribution in [0.1, 0.15) is 0 Å². The van der Waals surface area contributed by atoms with E-state index in [9.17, 15) is 10.1 Å². The van der Waals surface area contributed by atoms with Crippen LogP contribution in [0.3, 0.4) is 0 Å². The Bertz CT molecular complexity index is 667. The molecule has 0 atom stereocenters. The van der Waals surface area contributed by atoms with Crippen LogP contribution in [-0.4, -0.2) is 27.7 Å². The molecule has 1 aliphatic rings. The minimum Gasteiger partial charge on any atom is -0.486 e. The van der Waals surface area contributed by atoms with Crippen molar-refractivity contribution in [1.29, 1.82) is 0 Å². The van der Waals surface area contributed by atoms with Crippen LogP contribution in [0.25, 0.3) is 0 Å². The molecule has 0 radical (unpaired) electrons. The molecule has 0 aliphatic carbocycles. The number of nitro groups is 1. The maximum Gasteiger partial charge on any atom is 0.406 e. The quantitative estimate of drug-likeness (QED) is 0.679. The van der Waals surface area contributed by atoms with E-state index in [1.807, 2.05) is 0 Å². The molecule has 1 N–H and O–H groups in total. The van der Waals surface area contributed by atoms with Gasteiger partial charge in [0.25, 0.3) is 0 Å². The predicted molar refractivity (Wildman–Crippen MR) is 70.6 cm³/mol. The first-order valence-electron chi connectivity index (χ1n) is 5.97. The zero-order chi connectivity index (χ0) is 14.1. The molecule has 2 heterocycles. The van der Waals surface area contributed by atoms with Gasteiger partial charge in [-0.1, -0.05) is 0 Å². The second-order valence-electron chi connectivity index (χ2n) is 4.27. The minimum absolute atomic E-state index is 0.220. The van der Waals surface area contributed by atoms with Crippen LogP contribution < -0.4 is 14.8 Å². The maximum atomic E-state index is 10.9. The van der Waals surface area contributed by atoms with Crippen molar-refractivity contribution in [3.63, 3.8) is 0 Å². The summed E-state index contributed by atoms with van der Waals surface area (Å²) in [4.78, 5) is 14.1. The van der Waals surface area contributed by atoms with E-state index >= 15 is 0 Å². The predicted octanol–water partition coefficient (Wildman–Crippen LogP) is 1.84. The van der Waals surface area contributed by atoms with Crippen molar-refractivity contribution in [3.8, 4) is 11.5 Å². The molecule has 0 fully saturated rings. The van der Waals surface area contributed by atoms with Crippen LogP contribution in [0.5, 0.6) is 11.5 Å². The fraction of sp³-hybridized carbons (Fsp3) is 0.250. The second kappa shape index (κ2) is 4.72. The normalized spacial score (nSPS) is 13.1. The number of aryl methyl sites for hydroxylation is 1. The van der Waals surface area contributed by atoms with E-state index in [4.69, 9.17) is 9.47 Å². The summed E-state index contributed by atoms with van der Waals surface area (Å²) in [5.74, 6) is 1.38. The molecule has 1 aliphatic heterocycles. The van der Waals surface area contributed by atoms with Crippen molar-refractivity contribution in [2.24, 2.45) is 7.05 Å². The highest BCUT2D eigenvalue weighted by Gasteiger charge is 2.21. The van der Waals surface area contributed by atoms with E-state index in [-0.39, 0.29) is 5.82 Å². The standard InChI is InChI=1S/C12H12N4O4/c1-15-7-13-11(16(17)18)12(15)14-8-2-3-9-10(6-8)20-5-4-19-9/h2-3,6-7,14H,4-5H2,1H3. The van der Waals surface area contributed by atoms with Gasteiger partial charge >= 0.3 is 5.82 Å². The number of rotatable bonds is 3. The molecule has 8 heteroatoms. The van der Waals surface area contributed by atoms with Gasteiger partial charge in [-0.05, 0) is 22.0 Å². The highest BCUT2D eigenvalue weighted by molar-refractivity contribution is 5.66. The summed E-state index contributed by atoms with van der Waals surface area (Å²) in [5, 5.41) is 13.9. The number of ether oxygens (including phenoxy) is 2. The van der Waals surface area contributed by atoms with Gasteiger partial charge in [-0.2, -0.15) is 0 Å². The van der Waals surface area contributed by atoms with Gasteiger partial charge < -0.3 is 24.9 Å². The van der Waals surface area contributed by atoms with Crippen LogP contribution in [0, 0.1) is 10.1 Å². The van der Waals surface area contributed by atoms with E-state index in [2.05, 4.69) is 10.3 Å². The van der Waals surface area contributed by atoms with Gasteiger partial charge in [0.15, 0.2) is 11.5 Å². The summed E-state index contributed by atoms with van der Waals surface area (Å²) >= 11 is 0. The Morgan fingerprint density at radius 2 is 2.10 bits per heavy atom. The molecule has 1 aromatic heterocycles. The van der Waals surface area contributed by atoms with Gasteiger partial charge in [-0.3, -0.25) is 4.57 Å². The molecule has 3 rings (SSSR count). The molecule has 0 saturated heterocycles. The van der Waals surface area contributed by atoms with Gasteiger partial charge in [-0.25, -0.2) is 0 Å². The number of hydrogen-bond acceptors (Lipinski definition) is 6. The average Bonchev–Trinajstić information content (AvgIpc) is 2.80. The van der Waals surface area contributed by atoms with Crippen LogP contribution in [-0.2, 0) is 7.05 Å². The molecule has 0 amide bonds. The lowest BCUT2D eigenvalue weighted by molar-refractivity contribution is -0.388. The largest absolute Gasteiger partial charge is 0.486 e. The SMILES string of the molecule is Cn1cnc([N+](=O)[O-])c1Nc1ccc2c(c1)OCCO2. The van der Waals surface area contributed by atoms with Crippen molar-refractivity contribution in [1.82, 2.24) is 9.55 Å². The molecular weight excluding hydrogens is 264 g/mol. The fourth-order valence-corrected chi connectivity index (χ4v) is 1.95. The van der Waals surface area contributed by atoms with Crippen LogP contribution in [0.4, 0.5) is 17.3 Å². The summed E-state index contributed by atoms with van der Waals surface area (Å²) < 4.78 is 12.4. The first-order valence-corrected chi connectivity index (χ1v) is 5.97. The number of anilines is 2. The summed E-state index contributed by atoms with van der Waals surface area (Å²) in [6, 6.07) is 5.27. The van der Waals surface area contributed by atoms with Crippen molar-refractivity contribution in [2.45, 2.75) is 0 Å². The zero-order valence-corrected chi connectivity index (χ0v) is 10.7. The van der Waals surface area contributed by atoms with E-state index in [0.717, 1.165) is 0 Å². The molecule has 20 heavy (non-hydrogen) atoms.